The summed E-state index contributed by atoms with van der Waals surface area (Å²) < 4.78 is 0. The Labute approximate surface area is 135 Å². The summed E-state index contributed by atoms with van der Waals surface area (Å²) in [6, 6.07) is 14.0. The van der Waals surface area contributed by atoms with Crippen molar-refractivity contribution in [2.75, 3.05) is 0 Å². The van der Waals surface area contributed by atoms with Crippen LogP contribution in [0, 0.1) is 6.92 Å². The molecule has 0 aliphatic carbocycles. The van der Waals surface area contributed by atoms with Crippen molar-refractivity contribution in [1.29, 1.82) is 0 Å². The van der Waals surface area contributed by atoms with E-state index in [4.69, 9.17) is 0 Å². The quantitative estimate of drug-likeness (QED) is 0.787. The number of nitrogens with zero attached hydrogens (tertiary/aromatic N) is 2. The Bertz CT molecular complexity index is 829. The normalized spacial score (nSPS) is 10.7. The average Bonchev–Trinajstić information content (AvgIpc) is 2.59. The van der Waals surface area contributed by atoms with Crippen molar-refractivity contribution in [3.63, 3.8) is 0 Å². The van der Waals surface area contributed by atoms with Crippen LogP contribution in [0.3, 0.4) is 0 Å². The van der Waals surface area contributed by atoms with E-state index in [0.717, 1.165) is 23.0 Å². The van der Waals surface area contributed by atoms with Crippen LogP contribution in [0.4, 0.5) is 0 Å². The molecular formula is C19H19N3O. The summed E-state index contributed by atoms with van der Waals surface area (Å²) in [5, 5.41) is 2.97. The van der Waals surface area contributed by atoms with Crippen molar-refractivity contribution in [3.8, 4) is 0 Å². The van der Waals surface area contributed by atoms with Gasteiger partial charge in [0.05, 0.1) is 11.0 Å². The fraction of sp³-hybridized carbons (Fsp3) is 0.211. The van der Waals surface area contributed by atoms with Gasteiger partial charge >= 0.3 is 0 Å². The van der Waals surface area contributed by atoms with Gasteiger partial charge in [0, 0.05) is 25.4 Å². The highest BCUT2D eigenvalue weighted by molar-refractivity contribution is 5.77. The minimum absolute atomic E-state index is 0.0625. The van der Waals surface area contributed by atoms with Crippen molar-refractivity contribution in [2.24, 2.45) is 0 Å². The lowest BCUT2D eigenvalue weighted by molar-refractivity contribution is -0.121. The number of benzene rings is 2. The second-order valence-corrected chi connectivity index (χ2v) is 5.58. The lowest BCUT2D eigenvalue weighted by Crippen LogP contribution is -2.23. The van der Waals surface area contributed by atoms with Gasteiger partial charge in [-0.05, 0) is 42.2 Å². The highest BCUT2D eigenvalue weighted by Gasteiger charge is 2.05. The second kappa shape index (κ2) is 7.01. The molecule has 4 heteroatoms. The highest BCUT2D eigenvalue weighted by atomic mass is 16.1. The first-order valence-corrected chi connectivity index (χ1v) is 7.73. The van der Waals surface area contributed by atoms with Crippen LogP contribution in [-0.4, -0.2) is 15.9 Å². The molecule has 23 heavy (non-hydrogen) atoms. The number of carbonyl (C=O) groups excluding carboxylic acids is 1. The molecule has 1 N–H and O–H groups in total. The number of aryl methyl sites for hydroxylation is 2. The zero-order chi connectivity index (χ0) is 16.1. The van der Waals surface area contributed by atoms with Gasteiger partial charge in [-0.2, -0.15) is 0 Å². The number of hydrogen-bond donors (Lipinski definition) is 1. The number of fused-ring (bicyclic) bond motifs is 1. The third-order valence-electron chi connectivity index (χ3n) is 3.91. The van der Waals surface area contributed by atoms with E-state index in [9.17, 15) is 4.79 Å². The first-order chi connectivity index (χ1) is 11.2. The number of aromatic nitrogens is 2. The Hall–Kier alpha value is -2.75. The Morgan fingerprint density at radius 3 is 2.65 bits per heavy atom. The topological polar surface area (TPSA) is 54.9 Å². The van der Waals surface area contributed by atoms with Gasteiger partial charge in [-0.15, -0.1) is 0 Å². The van der Waals surface area contributed by atoms with Crippen molar-refractivity contribution < 1.29 is 4.79 Å². The van der Waals surface area contributed by atoms with E-state index in [2.05, 4.69) is 34.3 Å². The molecule has 0 aliphatic rings. The van der Waals surface area contributed by atoms with Gasteiger partial charge in [0.25, 0.3) is 0 Å². The van der Waals surface area contributed by atoms with E-state index in [1.54, 1.807) is 12.4 Å². The van der Waals surface area contributed by atoms with E-state index in [1.807, 2.05) is 30.3 Å². The molecule has 0 saturated heterocycles. The standard InChI is InChI=1S/C19H19N3O/c1-14-4-2-3-5-16(14)7-9-19(23)22-13-15-6-8-17-18(12-15)21-11-10-20-17/h2-6,8,10-12H,7,9,13H2,1H3,(H,22,23). The number of nitrogens with one attached hydrogen (secondary N) is 1. The summed E-state index contributed by atoms with van der Waals surface area (Å²) in [6.07, 6.45) is 4.61. The molecule has 1 heterocycles. The summed E-state index contributed by atoms with van der Waals surface area (Å²) >= 11 is 0. The molecule has 116 valence electrons. The molecular weight excluding hydrogens is 286 g/mol. The van der Waals surface area contributed by atoms with E-state index in [0.29, 0.717) is 13.0 Å². The summed E-state index contributed by atoms with van der Waals surface area (Å²) in [5.74, 6) is 0.0625. The monoisotopic (exact) mass is 305 g/mol. The zero-order valence-electron chi connectivity index (χ0n) is 13.1. The number of hydrogen-bond acceptors (Lipinski definition) is 3. The Morgan fingerprint density at radius 2 is 1.83 bits per heavy atom. The second-order valence-electron chi connectivity index (χ2n) is 5.58. The summed E-state index contributed by atoms with van der Waals surface area (Å²) in [5.41, 5.74) is 5.19. The SMILES string of the molecule is Cc1ccccc1CCC(=O)NCc1ccc2nccnc2c1. The highest BCUT2D eigenvalue weighted by Crippen LogP contribution is 2.11. The van der Waals surface area contributed by atoms with Crippen LogP contribution in [0.15, 0.2) is 54.9 Å². The van der Waals surface area contributed by atoms with Crippen LogP contribution < -0.4 is 5.32 Å². The summed E-state index contributed by atoms with van der Waals surface area (Å²) in [4.78, 5) is 20.5. The van der Waals surface area contributed by atoms with Gasteiger partial charge in [0.2, 0.25) is 5.91 Å². The lowest BCUT2D eigenvalue weighted by atomic mass is 10.0. The molecule has 2 aromatic carbocycles. The van der Waals surface area contributed by atoms with E-state index < -0.39 is 0 Å². The van der Waals surface area contributed by atoms with Gasteiger partial charge in [-0.1, -0.05) is 30.3 Å². The molecule has 0 radical (unpaired) electrons. The summed E-state index contributed by atoms with van der Waals surface area (Å²) in [6.45, 7) is 2.59. The molecule has 3 rings (SSSR count). The Morgan fingerprint density at radius 1 is 1.04 bits per heavy atom. The van der Waals surface area contributed by atoms with Crippen LogP contribution >= 0.6 is 0 Å². The lowest BCUT2D eigenvalue weighted by Gasteiger charge is -2.07. The fourth-order valence-electron chi connectivity index (χ4n) is 2.55. The van der Waals surface area contributed by atoms with Crippen LogP contribution in [0.2, 0.25) is 0 Å². The third-order valence-corrected chi connectivity index (χ3v) is 3.91. The van der Waals surface area contributed by atoms with Crippen LogP contribution in [-0.2, 0) is 17.8 Å². The average molecular weight is 305 g/mol. The van der Waals surface area contributed by atoms with Gasteiger partial charge in [-0.25, -0.2) is 0 Å². The molecule has 0 bridgehead atoms. The van der Waals surface area contributed by atoms with Crippen molar-refractivity contribution in [2.45, 2.75) is 26.3 Å². The first kappa shape index (κ1) is 15.2. The minimum atomic E-state index is 0.0625. The van der Waals surface area contributed by atoms with Gasteiger partial charge < -0.3 is 5.32 Å². The maximum Gasteiger partial charge on any atom is 0.220 e. The van der Waals surface area contributed by atoms with Crippen molar-refractivity contribution in [3.05, 3.63) is 71.5 Å². The molecule has 0 unspecified atom stereocenters. The number of amides is 1. The molecule has 0 saturated carbocycles. The maximum atomic E-state index is 12.0. The van der Waals surface area contributed by atoms with Crippen LogP contribution in [0.1, 0.15) is 23.1 Å². The van der Waals surface area contributed by atoms with E-state index >= 15 is 0 Å². The third kappa shape index (κ3) is 3.92. The molecule has 3 aromatic rings. The van der Waals surface area contributed by atoms with Gasteiger partial charge in [0.1, 0.15) is 0 Å². The fourth-order valence-corrected chi connectivity index (χ4v) is 2.55. The molecule has 1 amide bonds. The largest absolute Gasteiger partial charge is 0.352 e. The van der Waals surface area contributed by atoms with E-state index in [1.165, 1.54) is 11.1 Å². The van der Waals surface area contributed by atoms with Crippen molar-refractivity contribution >= 4 is 16.9 Å². The zero-order valence-corrected chi connectivity index (χ0v) is 13.1. The van der Waals surface area contributed by atoms with Gasteiger partial charge in [-0.3, -0.25) is 14.8 Å². The molecule has 0 aliphatic heterocycles. The van der Waals surface area contributed by atoms with Crippen molar-refractivity contribution in [1.82, 2.24) is 15.3 Å². The number of carbonyl (C=O) groups is 1. The maximum absolute atomic E-state index is 12.0. The first-order valence-electron chi connectivity index (χ1n) is 7.73. The smallest absolute Gasteiger partial charge is 0.220 e. The number of rotatable bonds is 5. The van der Waals surface area contributed by atoms with Crippen LogP contribution in [0.5, 0.6) is 0 Å². The molecule has 0 atom stereocenters. The Kier molecular flexibility index (Phi) is 4.62. The predicted molar refractivity (Wildman–Crippen MR) is 90.9 cm³/mol. The van der Waals surface area contributed by atoms with E-state index in [-0.39, 0.29) is 5.91 Å². The molecule has 0 fully saturated rings. The minimum Gasteiger partial charge on any atom is -0.352 e. The summed E-state index contributed by atoms with van der Waals surface area (Å²) in [7, 11) is 0. The molecule has 4 nitrogen and oxygen atoms in total. The Balaban J connectivity index is 1.54. The van der Waals surface area contributed by atoms with Crippen LogP contribution in [0.25, 0.3) is 11.0 Å². The van der Waals surface area contributed by atoms with Gasteiger partial charge in [0.15, 0.2) is 0 Å². The predicted octanol–water partition coefficient (Wildman–Crippen LogP) is 3.19. The molecule has 1 aromatic heterocycles. The molecule has 0 spiro atoms.